The van der Waals surface area contributed by atoms with Crippen LogP contribution in [0.2, 0.25) is 0 Å². The Kier molecular flexibility index (Phi) is 31.2. The van der Waals surface area contributed by atoms with E-state index >= 15 is 0 Å². The van der Waals surface area contributed by atoms with Gasteiger partial charge in [-0.05, 0) is 36.4 Å². The Balaban J connectivity index is -0.000000156. The molecule has 31 heavy (non-hydrogen) atoms. The van der Waals surface area contributed by atoms with Crippen LogP contribution in [0.25, 0.3) is 0 Å². The molecular weight excluding hydrogens is 488 g/mol. The molecular formula is C18H18BK3O9. The number of phenolic OH excluding ortho intramolecular Hbond substituents is 6. The number of para-hydroxylation sites is 6. The zero-order chi connectivity index (χ0) is 21.5. The largest absolute Gasteiger partial charge is 1.00 e. The van der Waals surface area contributed by atoms with Gasteiger partial charge in [-0.25, -0.2) is 0 Å². The van der Waals surface area contributed by atoms with Crippen molar-refractivity contribution in [3.05, 3.63) is 72.8 Å². The molecule has 0 amide bonds. The molecule has 0 aliphatic carbocycles. The average molecular weight is 506 g/mol. The molecule has 0 bridgehead atoms. The molecule has 0 atom stereocenters. The second-order valence-electron chi connectivity index (χ2n) is 4.75. The van der Waals surface area contributed by atoms with Crippen LogP contribution < -0.4 is 169 Å². The topological polar surface area (TPSA) is 191 Å². The molecule has 3 aromatic carbocycles. The molecule has 0 fully saturated rings. The van der Waals surface area contributed by atoms with E-state index in [4.69, 9.17) is 45.7 Å². The van der Waals surface area contributed by atoms with Crippen LogP contribution in [0, 0.1) is 0 Å². The SMILES string of the molecule is Oc1ccccc1O.Oc1ccccc1O.Oc1ccccc1O.[K+].[K+].[K+].[O-]B([O-])[O-]. The maximum atomic E-state index is 8.67. The molecule has 0 aromatic heterocycles. The van der Waals surface area contributed by atoms with Crippen molar-refractivity contribution in [2.45, 2.75) is 0 Å². The van der Waals surface area contributed by atoms with Crippen LogP contribution in [-0.4, -0.2) is 38.0 Å². The van der Waals surface area contributed by atoms with Crippen molar-refractivity contribution >= 4 is 7.32 Å². The summed E-state index contributed by atoms with van der Waals surface area (Å²) < 4.78 is 0. The molecule has 0 saturated carbocycles. The third-order valence-corrected chi connectivity index (χ3v) is 2.65. The Bertz CT molecular complexity index is 657. The van der Waals surface area contributed by atoms with Gasteiger partial charge >= 0.3 is 154 Å². The first-order valence-corrected chi connectivity index (χ1v) is 7.53. The van der Waals surface area contributed by atoms with Gasteiger partial charge in [0.05, 0.1) is 0 Å². The molecule has 0 spiro atoms. The van der Waals surface area contributed by atoms with Gasteiger partial charge in [-0.2, -0.15) is 0 Å². The molecule has 0 aliphatic rings. The van der Waals surface area contributed by atoms with Crippen LogP contribution in [-0.2, 0) is 0 Å². The standard InChI is InChI=1S/3C6H6O2.BO3.3K/c3*7-5-3-1-2-4-6(5)8;2-1(3)4;;;/h3*1-4,7-8H;;;;/q;;;-3;3*+1. The van der Waals surface area contributed by atoms with Crippen molar-refractivity contribution < 1.29 is 200 Å². The fourth-order valence-corrected chi connectivity index (χ4v) is 1.39. The third kappa shape index (κ3) is 22.9. The minimum absolute atomic E-state index is 0. The number of phenols is 6. The van der Waals surface area contributed by atoms with E-state index in [-0.39, 0.29) is 189 Å². The van der Waals surface area contributed by atoms with Crippen LogP contribution in [0.1, 0.15) is 0 Å². The van der Waals surface area contributed by atoms with E-state index < -0.39 is 7.32 Å². The van der Waals surface area contributed by atoms with Gasteiger partial charge in [-0.3, -0.25) is 7.32 Å². The predicted molar refractivity (Wildman–Crippen MR) is 95.1 cm³/mol. The van der Waals surface area contributed by atoms with Crippen molar-refractivity contribution in [1.82, 2.24) is 0 Å². The van der Waals surface area contributed by atoms with Crippen molar-refractivity contribution in [3.8, 4) is 34.5 Å². The van der Waals surface area contributed by atoms with E-state index in [0.29, 0.717) is 0 Å². The molecule has 13 heteroatoms. The number of rotatable bonds is 0. The van der Waals surface area contributed by atoms with E-state index in [1.165, 1.54) is 36.4 Å². The molecule has 0 heterocycles. The Hall–Kier alpha value is 1.31. The number of benzene rings is 3. The van der Waals surface area contributed by atoms with Crippen molar-refractivity contribution in [1.29, 1.82) is 0 Å². The van der Waals surface area contributed by atoms with E-state index in [9.17, 15) is 0 Å². The van der Waals surface area contributed by atoms with Gasteiger partial charge in [0.25, 0.3) is 0 Å². The fourth-order valence-electron chi connectivity index (χ4n) is 1.39. The summed E-state index contributed by atoms with van der Waals surface area (Å²) in [7, 11) is -2.92. The summed E-state index contributed by atoms with van der Waals surface area (Å²) in [4.78, 5) is 0. The average Bonchev–Trinajstić information content (AvgIpc) is 2.63. The van der Waals surface area contributed by atoms with Crippen LogP contribution in [0.3, 0.4) is 0 Å². The zero-order valence-corrected chi connectivity index (χ0v) is 26.8. The predicted octanol–water partition coefficient (Wildman–Crippen LogP) is -9.64. The summed E-state index contributed by atoms with van der Waals surface area (Å²) >= 11 is 0. The first-order chi connectivity index (χ1) is 13.1. The molecule has 6 N–H and O–H groups in total. The number of hydrogen-bond donors (Lipinski definition) is 6. The van der Waals surface area contributed by atoms with Gasteiger partial charge in [-0.1, -0.05) is 36.4 Å². The van der Waals surface area contributed by atoms with Crippen molar-refractivity contribution in [3.63, 3.8) is 0 Å². The van der Waals surface area contributed by atoms with Gasteiger partial charge in [0.1, 0.15) is 0 Å². The van der Waals surface area contributed by atoms with Crippen LogP contribution in [0.15, 0.2) is 72.8 Å². The third-order valence-electron chi connectivity index (χ3n) is 2.65. The Labute approximate surface area is 307 Å². The molecule has 0 radical (unpaired) electrons. The van der Waals surface area contributed by atoms with Gasteiger partial charge in [0.15, 0.2) is 34.5 Å². The number of aromatic hydroxyl groups is 6. The summed E-state index contributed by atoms with van der Waals surface area (Å²) in [5.41, 5.74) is 0. The summed E-state index contributed by atoms with van der Waals surface area (Å²) in [5.74, 6) is -0.458. The fraction of sp³-hybridized carbons (Fsp3) is 0. The zero-order valence-electron chi connectivity index (χ0n) is 17.4. The minimum Gasteiger partial charge on any atom is -0.907 e. The quantitative estimate of drug-likeness (QED) is 0.127. The molecule has 3 aromatic rings. The van der Waals surface area contributed by atoms with E-state index in [1.807, 2.05) is 0 Å². The summed E-state index contributed by atoms with van der Waals surface area (Å²) in [6.07, 6.45) is 0. The van der Waals surface area contributed by atoms with Crippen LogP contribution >= 0.6 is 0 Å². The molecule has 0 aliphatic heterocycles. The summed E-state index contributed by atoms with van der Waals surface area (Å²) in [6, 6.07) is 18.4. The Morgan fingerprint density at radius 1 is 0.387 bits per heavy atom. The van der Waals surface area contributed by atoms with E-state index in [0.717, 1.165) is 0 Å². The Morgan fingerprint density at radius 3 is 0.548 bits per heavy atom. The monoisotopic (exact) mass is 506 g/mol. The summed E-state index contributed by atoms with van der Waals surface area (Å²) in [5, 5.41) is 77.3. The normalized spacial score (nSPS) is 7.84. The van der Waals surface area contributed by atoms with E-state index in [1.54, 1.807) is 36.4 Å². The maximum Gasteiger partial charge on any atom is 1.00 e. The summed E-state index contributed by atoms with van der Waals surface area (Å²) in [6.45, 7) is 0. The van der Waals surface area contributed by atoms with Crippen LogP contribution in [0.4, 0.5) is 0 Å². The van der Waals surface area contributed by atoms with Gasteiger partial charge in [0, 0.05) is 0 Å². The van der Waals surface area contributed by atoms with Crippen molar-refractivity contribution in [2.75, 3.05) is 0 Å². The maximum absolute atomic E-state index is 8.67. The van der Waals surface area contributed by atoms with Gasteiger partial charge < -0.3 is 45.7 Å². The molecule has 9 nitrogen and oxygen atoms in total. The van der Waals surface area contributed by atoms with Crippen LogP contribution in [0.5, 0.6) is 34.5 Å². The van der Waals surface area contributed by atoms with Crippen molar-refractivity contribution in [2.24, 2.45) is 0 Å². The first-order valence-electron chi connectivity index (χ1n) is 7.53. The molecule has 3 rings (SSSR count). The van der Waals surface area contributed by atoms with E-state index in [2.05, 4.69) is 0 Å². The molecule has 0 saturated heterocycles. The molecule has 0 unspecified atom stereocenters. The van der Waals surface area contributed by atoms with Gasteiger partial charge in [0.2, 0.25) is 0 Å². The second-order valence-corrected chi connectivity index (χ2v) is 4.75. The number of hydrogen-bond acceptors (Lipinski definition) is 9. The smallest absolute Gasteiger partial charge is 0.907 e. The Morgan fingerprint density at radius 2 is 0.484 bits per heavy atom. The second kappa shape index (κ2) is 24.4. The molecule has 150 valence electrons. The first kappa shape index (κ1) is 39.5. The minimum atomic E-state index is -2.92. The van der Waals surface area contributed by atoms with Gasteiger partial charge in [-0.15, -0.1) is 0 Å².